The first kappa shape index (κ1) is 8.26. The van der Waals surface area contributed by atoms with Crippen LogP contribution in [0.25, 0.3) is 0 Å². The number of hydrogen-bond acceptors (Lipinski definition) is 2. The van der Waals surface area contributed by atoms with Gasteiger partial charge in [-0.05, 0) is 0 Å². The summed E-state index contributed by atoms with van der Waals surface area (Å²) < 4.78 is 0. The second-order valence-corrected chi connectivity index (χ2v) is 1.47. The minimum atomic E-state index is -0.203. The molecule has 4 N–H and O–H groups in total. The molecule has 0 saturated carbocycles. The summed E-state index contributed by atoms with van der Waals surface area (Å²) in [6.45, 7) is 0.374. The van der Waals surface area contributed by atoms with Crippen LogP contribution >= 0.6 is 12.4 Å². The van der Waals surface area contributed by atoms with Crippen molar-refractivity contribution in [3.8, 4) is 0 Å². The predicted molar refractivity (Wildman–Crippen MR) is 36.6 cm³/mol. The predicted octanol–water partition coefficient (Wildman–Crippen LogP) is -0.417. The Labute approximate surface area is 57.9 Å². The molecular formula is C4H8ClN3O. The van der Waals surface area contributed by atoms with Crippen molar-refractivity contribution in [2.45, 2.75) is 6.54 Å². The highest BCUT2D eigenvalue weighted by Crippen LogP contribution is 1.80. The van der Waals surface area contributed by atoms with Gasteiger partial charge in [0.05, 0.1) is 0 Å². The number of rotatable bonds is 1. The lowest BCUT2D eigenvalue weighted by atomic mass is 10.5. The molecule has 1 heterocycles. The normalized spacial score (nSPS) is 8.56. The van der Waals surface area contributed by atoms with E-state index in [2.05, 4.69) is 9.97 Å². The Morgan fingerprint density at radius 2 is 2.33 bits per heavy atom. The molecule has 0 radical (unpaired) electrons. The fourth-order valence-electron chi connectivity index (χ4n) is 0.481. The zero-order valence-electron chi connectivity index (χ0n) is 4.68. The van der Waals surface area contributed by atoms with E-state index in [4.69, 9.17) is 5.73 Å². The number of hydrogen-bond donors (Lipinski definition) is 3. The molecule has 0 saturated heterocycles. The number of nitrogens with one attached hydrogen (secondary N) is 2. The summed E-state index contributed by atoms with van der Waals surface area (Å²) in [6, 6.07) is 0. The van der Waals surface area contributed by atoms with Crippen LogP contribution in [0.2, 0.25) is 0 Å². The van der Waals surface area contributed by atoms with Gasteiger partial charge in [-0.15, -0.1) is 12.4 Å². The van der Waals surface area contributed by atoms with Crippen LogP contribution in [-0.2, 0) is 6.54 Å². The molecule has 0 fully saturated rings. The molecule has 1 aromatic heterocycles. The summed E-state index contributed by atoms with van der Waals surface area (Å²) in [5, 5.41) is 0. The van der Waals surface area contributed by atoms with Crippen molar-refractivity contribution in [3.05, 3.63) is 22.4 Å². The minimum Gasteiger partial charge on any atom is -0.325 e. The molecule has 9 heavy (non-hydrogen) atoms. The van der Waals surface area contributed by atoms with E-state index < -0.39 is 0 Å². The molecule has 0 aliphatic rings. The summed E-state index contributed by atoms with van der Waals surface area (Å²) in [5.41, 5.74) is 5.70. The third kappa shape index (κ3) is 1.91. The lowest BCUT2D eigenvalue weighted by molar-refractivity contribution is 1.00. The number of halogens is 1. The summed E-state index contributed by atoms with van der Waals surface area (Å²) >= 11 is 0. The second kappa shape index (κ2) is 3.32. The lowest BCUT2D eigenvalue weighted by Crippen LogP contribution is -2.03. The molecule has 5 heteroatoms. The number of imidazole rings is 1. The number of aromatic nitrogens is 2. The highest BCUT2D eigenvalue weighted by Gasteiger charge is 1.87. The van der Waals surface area contributed by atoms with E-state index in [1.165, 1.54) is 0 Å². The summed E-state index contributed by atoms with van der Waals surface area (Å²) in [6.07, 6.45) is 1.56. The molecule has 0 amide bonds. The van der Waals surface area contributed by atoms with Crippen molar-refractivity contribution in [2.24, 2.45) is 5.73 Å². The molecule has 0 aliphatic heterocycles. The average molecular weight is 150 g/mol. The Kier molecular flexibility index (Phi) is 3.05. The van der Waals surface area contributed by atoms with E-state index in [9.17, 15) is 4.79 Å². The number of H-pyrrole nitrogens is 2. The van der Waals surface area contributed by atoms with Crippen molar-refractivity contribution in [2.75, 3.05) is 0 Å². The molecule has 0 bridgehead atoms. The lowest BCUT2D eigenvalue weighted by Gasteiger charge is -1.80. The van der Waals surface area contributed by atoms with Gasteiger partial charge in [-0.3, -0.25) is 0 Å². The van der Waals surface area contributed by atoms with Gasteiger partial charge < -0.3 is 15.7 Å². The van der Waals surface area contributed by atoms with Crippen molar-refractivity contribution in [1.82, 2.24) is 9.97 Å². The molecule has 0 spiro atoms. The van der Waals surface area contributed by atoms with E-state index in [-0.39, 0.29) is 18.1 Å². The molecule has 0 aromatic carbocycles. The highest BCUT2D eigenvalue weighted by atomic mass is 35.5. The summed E-state index contributed by atoms with van der Waals surface area (Å²) in [5.74, 6) is 0. The molecule has 1 rings (SSSR count). The standard InChI is InChI=1S/C4H7N3O.ClH/c5-1-3-2-6-4(8)7-3;/h2H,1,5H2,(H2,6,7,8);1H. The largest absolute Gasteiger partial charge is 0.325 e. The van der Waals surface area contributed by atoms with Crippen LogP contribution in [0.3, 0.4) is 0 Å². The van der Waals surface area contributed by atoms with Crippen LogP contribution in [0.15, 0.2) is 11.0 Å². The zero-order chi connectivity index (χ0) is 5.98. The van der Waals surface area contributed by atoms with Crippen LogP contribution < -0.4 is 11.4 Å². The average Bonchev–Trinajstić information content (AvgIpc) is 2.14. The van der Waals surface area contributed by atoms with E-state index in [1.807, 2.05) is 0 Å². The van der Waals surface area contributed by atoms with E-state index in [0.29, 0.717) is 6.54 Å². The Morgan fingerprint density at radius 1 is 1.67 bits per heavy atom. The van der Waals surface area contributed by atoms with E-state index >= 15 is 0 Å². The smallest absolute Gasteiger partial charge is 0.323 e. The van der Waals surface area contributed by atoms with Gasteiger partial charge in [0.1, 0.15) is 0 Å². The molecule has 52 valence electrons. The molecule has 1 aromatic rings. The Balaban J connectivity index is 0.000000640. The SMILES string of the molecule is Cl.NCc1c[nH]c(=O)[nH]1. The second-order valence-electron chi connectivity index (χ2n) is 1.47. The first-order chi connectivity index (χ1) is 3.83. The molecule has 4 nitrogen and oxygen atoms in total. The van der Waals surface area contributed by atoms with Gasteiger partial charge >= 0.3 is 5.69 Å². The topological polar surface area (TPSA) is 74.7 Å². The maximum atomic E-state index is 10.3. The third-order valence-electron chi connectivity index (χ3n) is 0.871. The Bertz CT molecular complexity index is 216. The molecule has 0 aliphatic carbocycles. The van der Waals surface area contributed by atoms with Gasteiger partial charge in [0, 0.05) is 18.4 Å². The van der Waals surface area contributed by atoms with Crippen LogP contribution in [0, 0.1) is 0 Å². The van der Waals surface area contributed by atoms with Crippen LogP contribution in [0.5, 0.6) is 0 Å². The fourth-order valence-corrected chi connectivity index (χ4v) is 0.481. The van der Waals surface area contributed by atoms with Gasteiger partial charge in [0.15, 0.2) is 0 Å². The maximum Gasteiger partial charge on any atom is 0.323 e. The summed E-state index contributed by atoms with van der Waals surface area (Å²) in [4.78, 5) is 15.2. The molecule has 0 unspecified atom stereocenters. The van der Waals surface area contributed by atoms with Crippen molar-refractivity contribution >= 4 is 12.4 Å². The Morgan fingerprint density at radius 3 is 2.56 bits per heavy atom. The maximum absolute atomic E-state index is 10.3. The third-order valence-corrected chi connectivity index (χ3v) is 0.871. The quantitative estimate of drug-likeness (QED) is 0.508. The van der Waals surface area contributed by atoms with Crippen LogP contribution in [0.1, 0.15) is 5.69 Å². The van der Waals surface area contributed by atoms with Gasteiger partial charge in [-0.2, -0.15) is 0 Å². The van der Waals surface area contributed by atoms with E-state index in [1.54, 1.807) is 6.20 Å². The first-order valence-corrected chi connectivity index (χ1v) is 2.29. The fraction of sp³-hybridized carbons (Fsp3) is 0.250. The zero-order valence-corrected chi connectivity index (χ0v) is 5.49. The van der Waals surface area contributed by atoms with Crippen LogP contribution in [-0.4, -0.2) is 9.97 Å². The summed E-state index contributed by atoms with van der Waals surface area (Å²) in [7, 11) is 0. The van der Waals surface area contributed by atoms with Crippen LogP contribution in [0.4, 0.5) is 0 Å². The Hall–Kier alpha value is -0.740. The van der Waals surface area contributed by atoms with Crippen molar-refractivity contribution in [1.29, 1.82) is 0 Å². The first-order valence-electron chi connectivity index (χ1n) is 2.29. The molecular weight excluding hydrogens is 142 g/mol. The van der Waals surface area contributed by atoms with Crippen molar-refractivity contribution in [3.63, 3.8) is 0 Å². The highest BCUT2D eigenvalue weighted by molar-refractivity contribution is 5.85. The minimum absolute atomic E-state index is 0. The van der Waals surface area contributed by atoms with Gasteiger partial charge in [0.25, 0.3) is 0 Å². The van der Waals surface area contributed by atoms with E-state index in [0.717, 1.165) is 5.69 Å². The van der Waals surface area contributed by atoms with Gasteiger partial charge in [-0.25, -0.2) is 4.79 Å². The van der Waals surface area contributed by atoms with Gasteiger partial charge in [-0.1, -0.05) is 0 Å². The monoisotopic (exact) mass is 149 g/mol. The molecule has 0 atom stereocenters. The van der Waals surface area contributed by atoms with Gasteiger partial charge in [0.2, 0.25) is 0 Å². The number of nitrogens with two attached hydrogens (primary N) is 1. The number of aromatic amines is 2. The van der Waals surface area contributed by atoms with Crippen molar-refractivity contribution < 1.29 is 0 Å².